The highest BCUT2D eigenvalue weighted by Gasteiger charge is 2.10. The van der Waals surface area contributed by atoms with Crippen LogP contribution in [0.3, 0.4) is 0 Å². The van der Waals surface area contributed by atoms with E-state index in [-0.39, 0.29) is 0 Å². The molecule has 0 amide bonds. The molecule has 0 saturated heterocycles. The lowest BCUT2D eigenvalue weighted by Gasteiger charge is -2.16. The second-order valence-electron chi connectivity index (χ2n) is 9.69. The minimum atomic E-state index is 0.807. The summed E-state index contributed by atoms with van der Waals surface area (Å²) < 4.78 is 12.4. The van der Waals surface area contributed by atoms with Crippen LogP contribution in [-0.2, 0) is 6.42 Å². The molecule has 2 nitrogen and oxygen atoms in total. The van der Waals surface area contributed by atoms with Crippen LogP contribution in [0.5, 0.6) is 11.5 Å². The van der Waals surface area contributed by atoms with Gasteiger partial charge in [-0.05, 0) is 37.8 Å². The third-order valence-corrected chi connectivity index (χ3v) is 6.53. The van der Waals surface area contributed by atoms with Crippen LogP contribution in [0.1, 0.15) is 141 Å². The van der Waals surface area contributed by atoms with E-state index in [9.17, 15) is 0 Å². The molecule has 1 radical (unpaired) electrons. The Bertz CT molecular complexity index is 497. The first kappa shape index (κ1) is 29.9. The van der Waals surface area contributed by atoms with Gasteiger partial charge in [-0.3, -0.25) is 0 Å². The molecule has 0 atom stereocenters. The quantitative estimate of drug-likeness (QED) is 0.143. The Hall–Kier alpha value is -1.18. The highest BCUT2D eigenvalue weighted by molar-refractivity contribution is 5.45. The molecule has 0 aliphatic heterocycles. The van der Waals surface area contributed by atoms with E-state index in [4.69, 9.17) is 9.47 Å². The highest BCUT2D eigenvalue weighted by Crippen LogP contribution is 2.30. The van der Waals surface area contributed by atoms with Crippen LogP contribution < -0.4 is 9.47 Å². The number of benzene rings is 1. The van der Waals surface area contributed by atoms with Gasteiger partial charge in [-0.15, -0.1) is 0 Å². The van der Waals surface area contributed by atoms with Crippen LogP contribution in [-0.4, -0.2) is 13.2 Å². The van der Waals surface area contributed by atoms with Crippen molar-refractivity contribution >= 4 is 0 Å². The molecule has 0 saturated carbocycles. The Balaban J connectivity index is 2.22. The summed E-state index contributed by atoms with van der Waals surface area (Å²) in [5.74, 6) is 2.01. The maximum absolute atomic E-state index is 6.18. The first-order chi connectivity index (χ1) is 16.3. The first-order valence-corrected chi connectivity index (χ1v) is 14.5. The van der Waals surface area contributed by atoms with Crippen molar-refractivity contribution in [2.24, 2.45) is 0 Å². The van der Waals surface area contributed by atoms with Crippen LogP contribution >= 0.6 is 0 Å². The zero-order chi connectivity index (χ0) is 23.8. The van der Waals surface area contributed by atoms with Crippen LogP contribution in [0.15, 0.2) is 18.2 Å². The Labute approximate surface area is 207 Å². The van der Waals surface area contributed by atoms with Gasteiger partial charge in [-0.25, -0.2) is 0 Å². The summed E-state index contributed by atoms with van der Waals surface area (Å²) in [5.41, 5.74) is 1.21. The minimum absolute atomic E-state index is 0.807. The average Bonchev–Trinajstić information content (AvgIpc) is 2.83. The maximum atomic E-state index is 6.18. The summed E-state index contributed by atoms with van der Waals surface area (Å²) in [6.45, 7) is 10.2. The monoisotopic (exact) mass is 459 g/mol. The van der Waals surface area contributed by atoms with E-state index >= 15 is 0 Å². The van der Waals surface area contributed by atoms with Crippen molar-refractivity contribution in [3.63, 3.8) is 0 Å². The lowest BCUT2D eigenvalue weighted by molar-refractivity contribution is 0.284. The topological polar surface area (TPSA) is 18.5 Å². The number of ether oxygens (including phenoxy) is 2. The van der Waals surface area contributed by atoms with Crippen molar-refractivity contribution in [2.45, 2.75) is 142 Å². The van der Waals surface area contributed by atoms with Crippen molar-refractivity contribution in [1.82, 2.24) is 0 Å². The summed E-state index contributed by atoms with van der Waals surface area (Å²) in [6.07, 6.45) is 25.9. The SMILES string of the molecule is [CH2]CCc1c(OCCCCCCCCCCC)cccc1OCCCCCCCCCCC. The van der Waals surface area contributed by atoms with Crippen LogP contribution in [0.2, 0.25) is 0 Å². The summed E-state index contributed by atoms with van der Waals surface area (Å²) >= 11 is 0. The number of hydrogen-bond donors (Lipinski definition) is 0. The molecule has 0 heterocycles. The second-order valence-corrected chi connectivity index (χ2v) is 9.69. The molecule has 33 heavy (non-hydrogen) atoms. The smallest absolute Gasteiger partial charge is 0.126 e. The van der Waals surface area contributed by atoms with Gasteiger partial charge >= 0.3 is 0 Å². The van der Waals surface area contributed by atoms with Crippen molar-refractivity contribution < 1.29 is 9.47 Å². The zero-order valence-corrected chi connectivity index (χ0v) is 22.3. The van der Waals surface area contributed by atoms with E-state index < -0.39 is 0 Å². The van der Waals surface area contributed by atoms with E-state index in [0.717, 1.165) is 50.4 Å². The fourth-order valence-corrected chi connectivity index (χ4v) is 4.43. The van der Waals surface area contributed by atoms with Gasteiger partial charge < -0.3 is 9.47 Å². The maximum Gasteiger partial charge on any atom is 0.126 e. The van der Waals surface area contributed by atoms with Crippen LogP contribution in [0, 0.1) is 6.92 Å². The number of unbranched alkanes of at least 4 members (excludes halogenated alkanes) is 16. The predicted molar refractivity (Wildman–Crippen MR) is 146 cm³/mol. The predicted octanol–water partition coefficient (Wildman–Crippen LogP) is 10.3. The molecule has 0 spiro atoms. The van der Waals surface area contributed by atoms with E-state index in [1.54, 1.807) is 0 Å². The Kier molecular flexibility index (Phi) is 20.4. The standard InChI is InChI=1S/C31H55O2/c1-4-7-9-11-13-15-17-19-21-27-32-30-25-23-26-31(29(30)24-6-3)33-28-22-20-18-16-14-12-10-8-5-2/h23,25-26H,3-22,24,27-28H2,1-2H3. The number of rotatable bonds is 24. The van der Waals surface area contributed by atoms with Crippen molar-refractivity contribution in [1.29, 1.82) is 0 Å². The highest BCUT2D eigenvalue weighted by atomic mass is 16.5. The molecule has 2 heteroatoms. The molecular formula is C31H55O2. The third kappa shape index (κ3) is 16.1. The summed E-state index contributed by atoms with van der Waals surface area (Å²) in [6, 6.07) is 6.28. The molecule has 1 aromatic rings. The average molecular weight is 460 g/mol. The second kappa shape index (κ2) is 22.6. The Morgan fingerprint density at radius 2 is 0.909 bits per heavy atom. The molecule has 0 bridgehead atoms. The molecule has 0 aliphatic carbocycles. The molecule has 0 N–H and O–H groups in total. The summed E-state index contributed by atoms with van der Waals surface area (Å²) in [5, 5.41) is 0. The van der Waals surface area contributed by atoms with Crippen LogP contribution in [0.4, 0.5) is 0 Å². The first-order valence-electron chi connectivity index (χ1n) is 14.5. The fourth-order valence-electron chi connectivity index (χ4n) is 4.43. The van der Waals surface area contributed by atoms with Crippen molar-refractivity contribution in [3.05, 3.63) is 30.7 Å². The lowest BCUT2D eigenvalue weighted by Crippen LogP contribution is -2.04. The Morgan fingerprint density at radius 1 is 0.545 bits per heavy atom. The molecule has 0 aliphatic rings. The van der Waals surface area contributed by atoms with Crippen molar-refractivity contribution in [2.75, 3.05) is 13.2 Å². The van der Waals surface area contributed by atoms with Gasteiger partial charge in [0, 0.05) is 5.56 Å². The number of hydrogen-bond acceptors (Lipinski definition) is 2. The molecule has 0 aromatic heterocycles. The van der Waals surface area contributed by atoms with E-state index in [1.165, 1.54) is 108 Å². The summed E-state index contributed by atoms with van der Waals surface area (Å²) in [7, 11) is 0. The molecule has 1 aromatic carbocycles. The van der Waals surface area contributed by atoms with Gasteiger partial charge in [0.2, 0.25) is 0 Å². The van der Waals surface area contributed by atoms with Crippen molar-refractivity contribution in [3.8, 4) is 11.5 Å². The molecule has 0 unspecified atom stereocenters. The van der Waals surface area contributed by atoms with Gasteiger partial charge in [0.15, 0.2) is 0 Å². The molecule has 0 fully saturated rings. The van der Waals surface area contributed by atoms with Gasteiger partial charge in [-0.1, -0.05) is 130 Å². The molecule has 191 valence electrons. The van der Waals surface area contributed by atoms with Gasteiger partial charge in [0.25, 0.3) is 0 Å². The summed E-state index contributed by atoms with van der Waals surface area (Å²) in [4.78, 5) is 0. The molecular weight excluding hydrogens is 404 g/mol. The van der Waals surface area contributed by atoms with E-state index in [2.05, 4.69) is 39.0 Å². The Morgan fingerprint density at radius 3 is 1.27 bits per heavy atom. The molecule has 1 rings (SSSR count). The normalized spacial score (nSPS) is 11.1. The minimum Gasteiger partial charge on any atom is -0.493 e. The zero-order valence-electron chi connectivity index (χ0n) is 22.3. The third-order valence-electron chi connectivity index (χ3n) is 6.53. The largest absolute Gasteiger partial charge is 0.493 e. The van der Waals surface area contributed by atoms with Gasteiger partial charge in [-0.2, -0.15) is 0 Å². The fraction of sp³-hybridized carbons (Fsp3) is 0.774. The van der Waals surface area contributed by atoms with Gasteiger partial charge in [0.05, 0.1) is 13.2 Å². The van der Waals surface area contributed by atoms with E-state index in [1.807, 2.05) is 0 Å². The lowest BCUT2D eigenvalue weighted by atomic mass is 10.1. The van der Waals surface area contributed by atoms with Crippen LogP contribution in [0.25, 0.3) is 0 Å². The van der Waals surface area contributed by atoms with Gasteiger partial charge in [0.1, 0.15) is 11.5 Å². The van der Waals surface area contributed by atoms with E-state index in [0.29, 0.717) is 0 Å².